The SMILES string of the molecule is Cn1c(=O)n(C)c2cc(S(=O)(=O)Nc3cnc(C(C)(C)C)nc3)ccc21. The van der Waals surface area contributed by atoms with Crippen LogP contribution in [0.2, 0.25) is 0 Å². The molecule has 3 aromatic rings. The molecule has 9 heteroatoms. The average molecular weight is 375 g/mol. The number of aryl methyl sites for hydroxylation is 2. The Balaban J connectivity index is 1.97. The third kappa shape index (κ3) is 3.10. The number of rotatable bonds is 3. The molecule has 0 saturated carbocycles. The molecule has 2 aromatic heterocycles. The molecule has 2 heterocycles. The van der Waals surface area contributed by atoms with Crippen molar-refractivity contribution in [2.24, 2.45) is 14.1 Å². The van der Waals surface area contributed by atoms with E-state index in [9.17, 15) is 13.2 Å². The lowest BCUT2D eigenvalue weighted by Crippen LogP contribution is -2.19. The fraction of sp³-hybridized carbons (Fsp3) is 0.353. The van der Waals surface area contributed by atoms with E-state index >= 15 is 0 Å². The predicted octanol–water partition coefficient (Wildman–Crippen LogP) is 1.77. The second-order valence-corrected chi connectivity index (χ2v) is 8.88. The maximum atomic E-state index is 12.7. The van der Waals surface area contributed by atoms with Gasteiger partial charge in [0.25, 0.3) is 10.0 Å². The van der Waals surface area contributed by atoms with Crippen molar-refractivity contribution in [3.8, 4) is 0 Å². The van der Waals surface area contributed by atoms with Crippen molar-refractivity contribution in [1.82, 2.24) is 19.1 Å². The van der Waals surface area contributed by atoms with E-state index in [4.69, 9.17) is 0 Å². The van der Waals surface area contributed by atoms with Crippen LogP contribution in [0.3, 0.4) is 0 Å². The molecular formula is C17H21N5O3S. The first-order valence-electron chi connectivity index (χ1n) is 8.01. The molecule has 1 aromatic carbocycles. The fourth-order valence-electron chi connectivity index (χ4n) is 2.64. The first-order chi connectivity index (χ1) is 12.0. The van der Waals surface area contributed by atoms with Gasteiger partial charge in [0.05, 0.1) is 34.0 Å². The Morgan fingerprint density at radius 3 is 2.15 bits per heavy atom. The zero-order chi connectivity index (χ0) is 19.3. The molecule has 0 aliphatic carbocycles. The van der Waals surface area contributed by atoms with Gasteiger partial charge in [0.15, 0.2) is 0 Å². The molecule has 0 atom stereocenters. The minimum absolute atomic E-state index is 0.0612. The summed E-state index contributed by atoms with van der Waals surface area (Å²) in [5.41, 5.74) is 1.04. The van der Waals surface area contributed by atoms with Gasteiger partial charge < -0.3 is 0 Å². The van der Waals surface area contributed by atoms with Crippen LogP contribution in [0.15, 0.2) is 40.3 Å². The van der Waals surface area contributed by atoms with Crippen LogP contribution < -0.4 is 10.4 Å². The number of imidazole rings is 1. The molecule has 0 amide bonds. The quantitative estimate of drug-likeness (QED) is 0.752. The zero-order valence-corrected chi connectivity index (χ0v) is 16.1. The summed E-state index contributed by atoms with van der Waals surface area (Å²) in [6.07, 6.45) is 2.89. The molecule has 138 valence electrons. The minimum atomic E-state index is -3.83. The van der Waals surface area contributed by atoms with Crippen LogP contribution in [-0.2, 0) is 29.5 Å². The van der Waals surface area contributed by atoms with Crippen LogP contribution in [-0.4, -0.2) is 27.5 Å². The number of nitrogens with one attached hydrogen (secondary N) is 1. The van der Waals surface area contributed by atoms with Crippen molar-refractivity contribution in [3.05, 3.63) is 46.9 Å². The van der Waals surface area contributed by atoms with E-state index in [-0.39, 0.29) is 21.7 Å². The van der Waals surface area contributed by atoms with Crippen molar-refractivity contribution in [2.45, 2.75) is 31.1 Å². The van der Waals surface area contributed by atoms with Gasteiger partial charge in [-0.15, -0.1) is 0 Å². The average Bonchev–Trinajstić information content (AvgIpc) is 2.78. The fourth-order valence-corrected chi connectivity index (χ4v) is 3.68. The molecule has 0 aliphatic rings. The number of aromatic nitrogens is 4. The summed E-state index contributed by atoms with van der Waals surface area (Å²) in [6.45, 7) is 5.93. The first kappa shape index (κ1) is 18.1. The highest BCUT2D eigenvalue weighted by atomic mass is 32.2. The summed E-state index contributed by atoms with van der Waals surface area (Å²) in [6, 6.07) is 4.56. The van der Waals surface area contributed by atoms with Gasteiger partial charge in [-0.2, -0.15) is 0 Å². The highest BCUT2D eigenvalue weighted by molar-refractivity contribution is 7.92. The lowest BCUT2D eigenvalue weighted by molar-refractivity contribution is 0.545. The van der Waals surface area contributed by atoms with Crippen LogP contribution in [0.5, 0.6) is 0 Å². The highest BCUT2D eigenvalue weighted by Gasteiger charge is 2.20. The molecule has 26 heavy (non-hydrogen) atoms. The van der Waals surface area contributed by atoms with Crippen LogP contribution >= 0.6 is 0 Å². The number of benzene rings is 1. The summed E-state index contributed by atoms with van der Waals surface area (Å²) in [5, 5.41) is 0. The monoisotopic (exact) mass is 375 g/mol. The van der Waals surface area contributed by atoms with Crippen LogP contribution in [0, 0.1) is 0 Å². The van der Waals surface area contributed by atoms with Gasteiger partial charge in [-0.3, -0.25) is 13.9 Å². The molecule has 0 saturated heterocycles. The largest absolute Gasteiger partial charge is 0.328 e. The number of fused-ring (bicyclic) bond motifs is 1. The van der Waals surface area contributed by atoms with Gasteiger partial charge in [0.2, 0.25) is 0 Å². The normalized spacial score (nSPS) is 12.5. The third-order valence-corrected chi connectivity index (χ3v) is 5.51. The minimum Gasteiger partial charge on any atom is -0.295 e. The number of hydrogen-bond acceptors (Lipinski definition) is 5. The van der Waals surface area contributed by atoms with Gasteiger partial charge in [-0.1, -0.05) is 20.8 Å². The van der Waals surface area contributed by atoms with E-state index in [1.165, 1.54) is 33.7 Å². The van der Waals surface area contributed by atoms with Crippen LogP contribution in [0.4, 0.5) is 5.69 Å². The Morgan fingerprint density at radius 1 is 1.00 bits per heavy atom. The highest BCUT2D eigenvalue weighted by Crippen LogP contribution is 2.22. The molecule has 0 fully saturated rings. The lowest BCUT2D eigenvalue weighted by Gasteiger charge is -2.16. The maximum Gasteiger partial charge on any atom is 0.328 e. The maximum absolute atomic E-state index is 12.7. The standard InChI is InChI=1S/C17H21N5O3S/c1-17(2,3)15-18-9-11(10-19-15)20-26(24,25)12-6-7-13-14(8-12)22(5)16(23)21(13)4/h6-10,20H,1-5H3. The van der Waals surface area contributed by atoms with Gasteiger partial charge in [0, 0.05) is 19.5 Å². The molecule has 3 rings (SSSR count). The molecule has 0 bridgehead atoms. The van der Waals surface area contributed by atoms with Gasteiger partial charge in [-0.25, -0.2) is 23.2 Å². The van der Waals surface area contributed by atoms with Crippen molar-refractivity contribution >= 4 is 26.7 Å². The van der Waals surface area contributed by atoms with E-state index in [0.717, 1.165) is 0 Å². The number of nitrogens with zero attached hydrogens (tertiary/aromatic N) is 4. The number of sulfonamides is 1. The van der Waals surface area contributed by atoms with Crippen LogP contribution in [0.25, 0.3) is 11.0 Å². The Kier molecular flexibility index (Phi) is 4.14. The van der Waals surface area contributed by atoms with Crippen molar-refractivity contribution in [2.75, 3.05) is 4.72 Å². The molecule has 1 N–H and O–H groups in total. The van der Waals surface area contributed by atoms with Gasteiger partial charge >= 0.3 is 5.69 Å². The molecular weight excluding hydrogens is 354 g/mol. The van der Waals surface area contributed by atoms with Crippen molar-refractivity contribution in [1.29, 1.82) is 0 Å². The van der Waals surface area contributed by atoms with E-state index in [2.05, 4.69) is 14.7 Å². The van der Waals surface area contributed by atoms with Crippen molar-refractivity contribution in [3.63, 3.8) is 0 Å². The first-order valence-corrected chi connectivity index (χ1v) is 9.50. The topological polar surface area (TPSA) is 98.9 Å². The summed E-state index contributed by atoms with van der Waals surface area (Å²) < 4.78 is 30.7. The second kappa shape index (κ2) is 5.94. The van der Waals surface area contributed by atoms with E-state index in [1.54, 1.807) is 20.2 Å². The zero-order valence-electron chi connectivity index (χ0n) is 15.3. The Labute approximate surface area is 151 Å². The molecule has 8 nitrogen and oxygen atoms in total. The van der Waals surface area contributed by atoms with Gasteiger partial charge in [0.1, 0.15) is 5.82 Å². The number of hydrogen-bond donors (Lipinski definition) is 1. The summed E-state index contributed by atoms with van der Waals surface area (Å²) >= 11 is 0. The van der Waals surface area contributed by atoms with E-state index < -0.39 is 10.0 Å². The number of anilines is 1. The van der Waals surface area contributed by atoms with E-state index in [1.807, 2.05) is 20.8 Å². The summed E-state index contributed by atoms with van der Waals surface area (Å²) in [5.74, 6) is 0.626. The Morgan fingerprint density at radius 2 is 1.58 bits per heavy atom. The molecule has 0 spiro atoms. The predicted molar refractivity (Wildman–Crippen MR) is 99.7 cm³/mol. The van der Waals surface area contributed by atoms with Gasteiger partial charge in [-0.05, 0) is 18.2 Å². The molecule has 0 unspecified atom stereocenters. The summed E-state index contributed by atoms with van der Waals surface area (Å²) in [7, 11) is -0.579. The van der Waals surface area contributed by atoms with Crippen LogP contribution in [0.1, 0.15) is 26.6 Å². The van der Waals surface area contributed by atoms with Crippen molar-refractivity contribution < 1.29 is 8.42 Å². The Bertz CT molecular complexity index is 1140. The summed E-state index contributed by atoms with van der Waals surface area (Å²) in [4.78, 5) is 20.5. The second-order valence-electron chi connectivity index (χ2n) is 7.20. The Hall–Kier alpha value is -2.68. The molecule has 0 aliphatic heterocycles. The smallest absolute Gasteiger partial charge is 0.295 e. The van der Waals surface area contributed by atoms with E-state index in [0.29, 0.717) is 16.9 Å². The lowest BCUT2D eigenvalue weighted by atomic mass is 9.96. The molecule has 0 radical (unpaired) electrons. The third-order valence-electron chi connectivity index (χ3n) is 4.13.